The molecule has 0 bridgehead atoms. The molecule has 4 nitrogen and oxygen atoms in total. The molecule has 1 aliphatic rings. The second-order valence-electron chi connectivity index (χ2n) is 7.03. The molecule has 8 heteroatoms. The Kier molecular flexibility index (Phi) is 7.05. The van der Waals surface area contributed by atoms with E-state index in [9.17, 15) is 18.0 Å². The Balaban J connectivity index is 1.59. The monoisotopic (exact) mass is 437 g/mol. The predicted octanol–water partition coefficient (Wildman–Crippen LogP) is 5.15. The second-order valence-corrected chi connectivity index (χ2v) is 7.44. The van der Waals surface area contributed by atoms with Gasteiger partial charge in [0.25, 0.3) is 0 Å². The first-order valence-electron chi connectivity index (χ1n) is 9.69. The second kappa shape index (κ2) is 9.53. The number of carbonyl (C=O) groups excluding carboxylic acids is 1. The lowest BCUT2D eigenvalue weighted by atomic mass is 10.1. The van der Waals surface area contributed by atoms with E-state index < -0.39 is 17.6 Å². The van der Waals surface area contributed by atoms with Gasteiger partial charge in [0.05, 0.1) is 10.6 Å². The van der Waals surface area contributed by atoms with Crippen molar-refractivity contribution in [1.82, 2.24) is 4.90 Å². The summed E-state index contributed by atoms with van der Waals surface area (Å²) in [6.45, 7) is 7.19. The van der Waals surface area contributed by atoms with E-state index in [0.29, 0.717) is 5.69 Å². The molecule has 1 N–H and O–H groups in total. The van der Waals surface area contributed by atoms with Crippen molar-refractivity contribution in [2.75, 3.05) is 42.9 Å². The average Bonchev–Trinajstić information content (AvgIpc) is 2.73. The van der Waals surface area contributed by atoms with Crippen LogP contribution in [0.25, 0.3) is 6.08 Å². The molecule has 160 valence electrons. The molecule has 3 rings (SSSR count). The number of rotatable bonds is 5. The highest BCUT2D eigenvalue weighted by Gasteiger charge is 2.33. The van der Waals surface area contributed by atoms with E-state index in [1.54, 1.807) is 0 Å². The van der Waals surface area contributed by atoms with Crippen molar-refractivity contribution < 1.29 is 18.0 Å². The Bertz CT molecular complexity index is 905. The number of benzene rings is 2. The largest absolute Gasteiger partial charge is 0.417 e. The van der Waals surface area contributed by atoms with Gasteiger partial charge in [-0.25, -0.2) is 0 Å². The van der Waals surface area contributed by atoms with Crippen LogP contribution >= 0.6 is 11.6 Å². The highest BCUT2D eigenvalue weighted by Crippen LogP contribution is 2.35. The number of nitrogens with one attached hydrogen (secondary N) is 1. The van der Waals surface area contributed by atoms with Gasteiger partial charge in [-0.05, 0) is 54.6 Å². The van der Waals surface area contributed by atoms with Crippen LogP contribution < -0.4 is 10.2 Å². The summed E-state index contributed by atoms with van der Waals surface area (Å²) < 4.78 is 38.8. The van der Waals surface area contributed by atoms with E-state index in [2.05, 4.69) is 22.0 Å². The molecule has 0 atom stereocenters. The Labute approximate surface area is 178 Å². The molecule has 30 heavy (non-hydrogen) atoms. The zero-order valence-corrected chi connectivity index (χ0v) is 17.3. The van der Waals surface area contributed by atoms with E-state index >= 15 is 0 Å². The lowest BCUT2D eigenvalue weighted by molar-refractivity contribution is -0.137. The molecule has 1 fully saturated rings. The molecule has 0 spiro atoms. The summed E-state index contributed by atoms with van der Waals surface area (Å²) in [5, 5.41) is 2.34. The van der Waals surface area contributed by atoms with Crippen LogP contribution in [0.2, 0.25) is 5.02 Å². The van der Waals surface area contributed by atoms with Crippen molar-refractivity contribution in [3.05, 3.63) is 64.7 Å². The Morgan fingerprint density at radius 1 is 1.10 bits per heavy atom. The van der Waals surface area contributed by atoms with E-state index in [1.807, 2.05) is 24.3 Å². The fourth-order valence-electron chi connectivity index (χ4n) is 3.30. The molecule has 1 aliphatic heterocycles. The number of halogens is 4. The molecule has 1 heterocycles. The Morgan fingerprint density at radius 2 is 1.77 bits per heavy atom. The third-order valence-electron chi connectivity index (χ3n) is 5.04. The van der Waals surface area contributed by atoms with Crippen LogP contribution in [0.4, 0.5) is 24.5 Å². The molecule has 0 aromatic heterocycles. The molecule has 0 unspecified atom stereocenters. The number of carbonyl (C=O) groups is 1. The van der Waals surface area contributed by atoms with Crippen molar-refractivity contribution in [2.24, 2.45) is 0 Å². The van der Waals surface area contributed by atoms with Crippen molar-refractivity contribution >= 4 is 35.0 Å². The minimum atomic E-state index is -4.55. The lowest BCUT2D eigenvalue weighted by Crippen LogP contribution is -2.46. The molecular weight excluding hydrogens is 415 g/mol. The summed E-state index contributed by atoms with van der Waals surface area (Å²) >= 11 is 5.61. The summed E-state index contributed by atoms with van der Waals surface area (Å²) in [4.78, 5) is 16.8. The van der Waals surface area contributed by atoms with Gasteiger partial charge in [-0.1, -0.05) is 24.6 Å². The van der Waals surface area contributed by atoms with E-state index in [-0.39, 0.29) is 10.6 Å². The van der Waals surface area contributed by atoms with Crippen LogP contribution in [-0.2, 0) is 11.0 Å². The first kappa shape index (κ1) is 22.2. The van der Waals surface area contributed by atoms with E-state index in [1.165, 1.54) is 24.3 Å². The lowest BCUT2D eigenvalue weighted by Gasteiger charge is -2.35. The fraction of sp³-hybridized carbons (Fsp3) is 0.318. The van der Waals surface area contributed by atoms with Gasteiger partial charge in [0.2, 0.25) is 5.91 Å². The molecule has 2 aromatic carbocycles. The molecule has 0 saturated carbocycles. The average molecular weight is 438 g/mol. The van der Waals surface area contributed by atoms with Gasteiger partial charge in [0.15, 0.2) is 0 Å². The smallest absolute Gasteiger partial charge is 0.369 e. The van der Waals surface area contributed by atoms with Gasteiger partial charge >= 0.3 is 6.18 Å². The summed E-state index contributed by atoms with van der Waals surface area (Å²) in [5.74, 6) is -0.428. The molecular formula is C22H23ClF3N3O. The molecule has 1 amide bonds. The van der Waals surface area contributed by atoms with E-state index in [0.717, 1.165) is 44.5 Å². The SMILES string of the molecule is CCN1CCN(c2ccc(NC(=O)/C=C/c3ccc(Cl)c(C(F)(F)F)c3)cc2)CC1. The van der Waals surface area contributed by atoms with Gasteiger partial charge in [0, 0.05) is 43.6 Å². The summed E-state index contributed by atoms with van der Waals surface area (Å²) in [5.41, 5.74) is 1.03. The third-order valence-corrected chi connectivity index (χ3v) is 5.37. The topological polar surface area (TPSA) is 35.6 Å². The number of anilines is 2. The van der Waals surface area contributed by atoms with Gasteiger partial charge in [0.1, 0.15) is 0 Å². The van der Waals surface area contributed by atoms with Gasteiger partial charge < -0.3 is 15.1 Å². The van der Waals surface area contributed by atoms with Crippen LogP contribution in [0.5, 0.6) is 0 Å². The maximum atomic E-state index is 12.9. The van der Waals surface area contributed by atoms with Crippen molar-refractivity contribution in [1.29, 1.82) is 0 Å². The zero-order chi connectivity index (χ0) is 21.7. The first-order chi connectivity index (χ1) is 14.3. The minimum absolute atomic E-state index is 0.239. The number of nitrogens with zero attached hydrogens (tertiary/aromatic N) is 2. The van der Waals surface area contributed by atoms with Crippen molar-refractivity contribution in [2.45, 2.75) is 13.1 Å². The number of hydrogen-bond acceptors (Lipinski definition) is 3. The normalized spacial score (nSPS) is 15.6. The molecule has 1 saturated heterocycles. The van der Waals surface area contributed by atoms with Crippen molar-refractivity contribution in [3.63, 3.8) is 0 Å². The summed E-state index contributed by atoms with van der Waals surface area (Å²) in [6, 6.07) is 11.1. The highest BCUT2D eigenvalue weighted by molar-refractivity contribution is 6.31. The molecule has 0 radical (unpaired) electrons. The number of alkyl halides is 3. The predicted molar refractivity (Wildman–Crippen MR) is 115 cm³/mol. The van der Waals surface area contributed by atoms with Crippen molar-refractivity contribution in [3.8, 4) is 0 Å². The van der Waals surface area contributed by atoms with E-state index in [4.69, 9.17) is 11.6 Å². The van der Waals surface area contributed by atoms with Crippen LogP contribution in [0.15, 0.2) is 48.5 Å². The van der Waals surface area contributed by atoms with Crippen LogP contribution in [0, 0.1) is 0 Å². The standard InChI is InChI=1S/C22H23ClF3N3O/c1-2-28-11-13-29(14-12-28)18-7-5-17(6-8-18)27-21(30)10-4-16-3-9-20(23)19(15-16)22(24,25)26/h3-10,15H,2,11-14H2,1H3,(H,27,30)/b10-4+. The van der Waals surface area contributed by atoms with Crippen LogP contribution in [-0.4, -0.2) is 43.5 Å². The highest BCUT2D eigenvalue weighted by atomic mass is 35.5. The maximum absolute atomic E-state index is 12.9. The quantitative estimate of drug-likeness (QED) is 0.657. The van der Waals surface area contributed by atoms with Crippen LogP contribution in [0.1, 0.15) is 18.1 Å². The number of likely N-dealkylation sites (N-methyl/N-ethyl adjacent to an activating group) is 1. The summed E-state index contributed by atoms with van der Waals surface area (Å²) in [6.07, 6.45) is -2.03. The number of hydrogen-bond donors (Lipinski definition) is 1. The third kappa shape index (κ3) is 5.77. The maximum Gasteiger partial charge on any atom is 0.417 e. The van der Waals surface area contributed by atoms with Gasteiger partial charge in [-0.3, -0.25) is 4.79 Å². The Morgan fingerprint density at radius 3 is 2.37 bits per heavy atom. The van der Waals surface area contributed by atoms with Crippen LogP contribution in [0.3, 0.4) is 0 Å². The first-order valence-corrected chi connectivity index (χ1v) is 10.1. The molecule has 2 aromatic rings. The summed E-state index contributed by atoms with van der Waals surface area (Å²) in [7, 11) is 0. The Hall–Kier alpha value is -2.51. The zero-order valence-electron chi connectivity index (χ0n) is 16.5. The van der Waals surface area contributed by atoms with Gasteiger partial charge in [-0.15, -0.1) is 0 Å². The van der Waals surface area contributed by atoms with Gasteiger partial charge in [-0.2, -0.15) is 13.2 Å². The molecule has 0 aliphatic carbocycles. The minimum Gasteiger partial charge on any atom is -0.369 e. The number of piperazine rings is 1. The number of amides is 1. The fourth-order valence-corrected chi connectivity index (χ4v) is 3.52.